The molecule has 1 N–H and O–H groups in total. The molecule has 8 heteroatoms. The maximum absolute atomic E-state index is 13.1. The Morgan fingerprint density at radius 1 is 1.17 bits per heavy atom. The maximum atomic E-state index is 13.1. The molecule has 1 aromatic heterocycles. The summed E-state index contributed by atoms with van der Waals surface area (Å²) >= 11 is 6.06. The average molecular weight is 427 g/mol. The van der Waals surface area contributed by atoms with E-state index in [1.807, 2.05) is 45.0 Å². The molecule has 0 fully saturated rings. The van der Waals surface area contributed by atoms with Crippen LogP contribution in [-0.4, -0.2) is 26.3 Å². The van der Waals surface area contributed by atoms with E-state index in [-0.39, 0.29) is 18.3 Å². The minimum Gasteiger partial charge on any atom is -0.348 e. The SMILES string of the molecule is CC[C@@H](C)NC(=O)c1nn(-c2cccc(Cl)c2)c(=O)n(Cc2cccc(C)c2)c1=O. The molecule has 1 amide bonds. The fourth-order valence-corrected chi connectivity index (χ4v) is 3.14. The Morgan fingerprint density at radius 2 is 1.90 bits per heavy atom. The first-order chi connectivity index (χ1) is 14.3. The van der Waals surface area contributed by atoms with Crippen molar-refractivity contribution in [3.63, 3.8) is 0 Å². The van der Waals surface area contributed by atoms with Gasteiger partial charge >= 0.3 is 5.69 Å². The number of amides is 1. The molecule has 2 aromatic carbocycles. The summed E-state index contributed by atoms with van der Waals surface area (Å²) in [5, 5.41) is 7.24. The zero-order valence-corrected chi connectivity index (χ0v) is 17.8. The molecular weight excluding hydrogens is 404 g/mol. The van der Waals surface area contributed by atoms with Crippen LogP contribution in [0.15, 0.2) is 58.1 Å². The van der Waals surface area contributed by atoms with Gasteiger partial charge < -0.3 is 5.32 Å². The van der Waals surface area contributed by atoms with Crippen LogP contribution >= 0.6 is 11.6 Å². The molecule has 7 nitrogen and oxygen atoms in total. The lowest BCUT2D eigenvalue weighted by atomic mass is 10.1. The molecule has 0 bridgehead atoms. The van der Waals surface area contributed by atoms with Crippen LogP contribution in [0, 0.1) is 6.92 Å². The second kappa shape index (κ2) is 9.09. The first-order valence-corrected chi connectivity index (χ1v) is 10.0. The Bertz CT molecular complexity index is 1200. The molecule has 156 valence electrons. The average Bonchev–Trinajstić information content (AvgIpc) is 2.71. The van der Waals surface area contributed by atoms with Crippen molar-refractivity contribution in [2.75, 3.05) is 0 Å². The second-order valence-corrected chi connectivity index (χ2v) is 7.62. The van der Waals surface area contributed by atoms with Crippen molar-refractivity contribution in [3.05, 3.63) is 91.2 Å². The summed E-state index contributed by atoms with van der Waals surface area (Å²) in [5.41, 5.74) is 0.404. The fourth-order valence-electron chi connectivity index (χ4n) is 2.96. The topological polar surface area (TPSA) is 86.0 Å². The van der Waals surface area contributed by atoms with E-state index in [1.54, 1.807) is 24.3 Å². The highest BCUT2D eigenvalue weighted by atomic mass is 35.5. The molecule has 0 aliphatic rings. The Labute approximate surface area is 178 Å². The molecule has 0 radical (unpaired) electrons. The molecule has 0 saturated carbocycles. The van der Waals surface area contributed by atoms with Gasteiger partial charge in [0.05, 0.1) is 12.2 Å². The number of halogens is 1. The van der Waals surface area contributed by atoms with Gasteiger partial charge in [0.2, 0.25) is 5.69 Å². The summed E-state index contributed by atoms with van der Waals surface area (Å²) in [6, 6.07) is 13.9. The van der Waals surface area contributed by atoms with Crippen molar-refractivity contribution >= 4 is 17.5 Å². The lowest BCUT2D eigenvalue weighted by Crippen LogP contribution is -2.47. The van der Waals surface area contributed by atoms with E-state index in [0.717, 1.165) is 20.4 Å². The van der Waals surface area contributed by atoms with Gasteiger partial charge in [-0.15, -0.1) is 0 Å². The van der Waals surface area contributed by atoms with Crippen molar-refractivity contribution in [1.82, 2.24) is 19.7 Å². The zero-order chi connectivity index (χ0) is 21.8. The van der Waals surface area contributed by atoms with E-state index in [0.29, 0.717) is 17.1 Å². The largest absolute Gasteiger partial charge is 0.352 e. The molecule has 0 saturated heterocycles. The summed E-state index contributed by atoms with van der Waals surface area (Å²) < 4.78 is 2.06. The van der Waals surface area contributed by atoms with Crippen molar-refractivity contribution in [3.8, 4) is 5.69 Å². The Morgan fingerprint density at radius 3 is 2.57 bits per heavy atom. The number of hydrogen-bond acceptors (Lipinski definition) is 4. The fraction of sp³-hybridized carbons (Fsp3) is 0.273. The zero-order valence-electron chi connectivity index (χ0n) is 17.1. The van der Waals surface area contributed by atoms with Gasteiger partial charge in [0.25, 0.3) is 11.5 Å². The molecule has 0 spiro atoms. The Kier molecular flexibility index (Phi) is 6.52. The van der Waals surface area contributed by atoms with Crippen LogP contribution in [0.3, 0.4) is 0 Å². The summed E-state index contributed by atoms with van der Waals surface area (Å²) in [4.78, 5) is 38.9. The summed E-state index contributed by atoms with van der Waals surface area (Å²) in [6.07, 6.45) is 0.692. The number of carbonyl (C=O) groups is 1. The van der Waals surface area contributed by atoms with Crippen LogP contribution in [-0.2, 0) is 6.54 Å². The van der Waals surface area contributed by atoms with Gasteiger partial charge in [0.15, 0.2) is 0 Å². The predicted molar refractivity (Wildman–Crippen MR) is 117 cm³/mol. The second-order valence-electron chi connectivity index (χ2n) is 7.19. The molecule has 1 atom stereocenters. The van der Waals surface area contributed by atoms with E-state index >= 15 is 0 Å². The minimum absolute atomic E-state index is 0.0199. The van der Waals surface area contributed by atoms with Crippen LogP contribution in [0.2, 0.25) is 5.02 Å². The van der Waals surface area contributed by atoms with Crippen LogP contribution in [0.4, 0.5) is 0 Å². The Hall–Kier alpha value is -3.19. The number of aromatic nitrogens is 3. The molecule has 0 aliphatic carbocycles. The van der Waals surface area contributed by atoms with Crippen LogP contribution in [0.25, 0.3) is 5.69 Å². The molecule has 0 aliphatic heterocycles. The Balaban J connectivity index is 2.20. The van der Waals surface area contributed by atoms with E-state index in [2.05, 4.69) is 10.4 Å². The van der Waals surface area contributed by atoms with Crippen molar-refractivity contribution in [2.24, 2.45) is 0 Å². The van der Waals surface area contributed by atoms with E-state index in [9.17, 15) is 14.4 Å². The quantitative estimate of drug-likeness (QED) is 0.656. The third-order valence-corrected chi connectivity index (χ3v) is 4.98. The van der Waals surface area contributed by atoms with Gasteiger partial charge in [-0.3, -0.25) is 14.2 Å². The van der Waals surface area contributed by atoms with Crippen LogP contribution in [0.1, 0.15) is 41.9 Å². The first kappa shape index (κ1) is 21.5. The highest BCUT2D eigenvalue weighted by Crippen LogP contribution is 2.12. The number of aryl methyl sites for hydroxylation is 1. The molecule has 30 heavy (non-hydrogen) atoms. The van der Waals surface area contributed by atoms with Gasteiger partial charge in [-0.25, -0.2) is 4.79 Å². The van der Waals surface area contributed by atoms with Gasteiger partial charge in [0.1, 0.15) is 0 Å². The smallest absolute Gasteiger partial charge is 0.348 e. The molecule has 0 unspecified atom stereocenters. The van der Waals surface area contributed by atoms with Gasteiger partial charge in [-0.05, 0) is 44.0 Å². The maximum Gasteiger partial charge on any atom is 0.352 e. The van der Waals surface area contributed by atoms with Gasteiger partial charge in [0, 0.05) is 11.1 Å². The number of rotatable bonds is 6. The summed E-state index contributed by atoms with van der Waals surface area (Å²) in [6.45, 7) is 5.69. The van der Waals surface area contributed by atoms with Gasteiger partial charge in [-0.2, -0.15) is 9.78 Å². The summed E-state index contributed by atoms with van der Waals surface area (Å²) in [7, 11) is 0. The number of nitrogens with zero attached hydrogens (tertiary/aromatic N) is 3. The van der Waals surface area contributed by atoms with Crippen LogP contribution < -0.4 is 16.6 Å². The third kappa shape index (κ3) is 4.68. The van der Waals surface area contributed by atoms with E-state index in [4.69, 9.17) is 11.6 Å². The monoisotopic (exact) mass is 426 g/mol. The molecule has 3 aromatic rings. The minimum atomic E-state index is -0.736. The molecule has 3 rings (SSSR count). The summed E-state index contributed by atoms with van der Waals surface area (Å²) in [5.74, 6) is -0.622. The van der Waals surface area contributed by atoms with Crippen molar-refractivity contribution < 1.29 is 4.79 Å². The molecule has 1 heterocycles. The predicted octanol–water partition coefficient (Wildman–Crippen LogP) is 2.93. The standard InChI is InChI=1S/C22H23ClN4O3/c1-4-15(3)24-20(28)19-21(29)26(13-16-8-5-7-14(2)11-16)22(30)27(25-19)18-10-6-9-17(23)12-18/h5-12,15H,4,13H2,1-3H3,(H,24,28)/t15-/m1/s1. The highest BCUT2D eigenvalue weighted by molar-refractivity contribution is 6.30. The van der Waals surface area contributed by atoms with E-state index in [1.165, 1.54) is 0 Å². The lowest BCUT2D eigenvalue weighted by Gasteiger charge is -2.14. The third-order valence-electron chi connectivity index (χ3n) is 4.74. The lowest BCUT2D eigenvalue weighted by molar-refractivity contribution is 0.0929. The van der Waals surface area contributed by atoms with Crippen molar-refractivity contribution in [2.45, 2.75) is 39.8 Å². The number of hydrogen-bond donors (Lipinski definition) is 1. The van der Waals surface area contributed by atoms with Crippen molar-refractivity contribution in [1.29, 1.82) is 0 Å². The first-order valence-electron chi connectivity index (χ1n) is 9.66. The van der Waals surface area contributed by atoms with Gasteiger partial charge in [-0.1, -0.05) is 54.4 Å². The number of carbonyl (C=O) groups excluding carboxylic acids is 1. The normalized spacial score (nSPS) is 11.9. The number of nitrogens with one attached hydrogen (secondary N) is 1. The van der Waals surface area contributed by atoms with Crippen LogP contribution in [0.5, 0.6) is 0 Å². The van der Waals surface area contributed by atoms with E-state index < -0.39 is 17.2 Å². The highest BCUT2D eigenvalue weighted by Gasteiger charge is 2.21. The molecular formula is C22H23ClN4O3. The number of benzene rings is 2.